The van der Waals surface area contributed by atoms with Gasteiger partial charge in [-0.1, -0.05) is 50.9 Å². The first-order valence-electron chi connectivity index (χ1n) is 8.70. The van der Waals surface area contributed by atoms with Gasteiger partial charge < -0.3 is 15.6 Å². The summed E-state index contributed by atoms with van der Waals surface area (Å²) in [5, 5.41) is 21.1. The molecule has 0 saturated carbocycles. The summed E-state index contributed by atoms with van der Waals surface area (Å²) in [6, 6.07) is 0. The van der Waals surface area contributed by atoms with Crippen molar-refractivity contribution in [2.45, 2.75) is 79.3 Å². The summed E-state index contributed by atoms with van der Waals surface area (Å²) in [6.07, 6.45) is 1.06. The van der Waals surface area contributed by atoms with E-state index in [0.29, 0.717) is 25.9 Å². The Bertz CT molecular complexity index is 282. The molecule has 1 rings (SSSR count). The van der Waals surface area contributed by atoms with E-state index in [2.05, 4.69) is 20.2 Å². The molecule has 1 aliphatic rings. The van der Waals surface area contributed by atoms with Gasteiger partial charge in [0, 0.05) is 13.1 Å². The SMILES string of the molecule is CC.CC.CC.CC(C)(CO)NC(=O)C1(NO)CCN(P)CC1. The third kappa shape index (κ3) is 10.3. The van der Waals surface area contributed by atoms with Gasteiger partial charge in [0.05, 0.1) is 12.1 Å². The minimum absolute atomic E-state index is 0.143. The molecule has 0 radical (unpaired) electrons. The zero-order chi connectivity index (χ0) is 19.1. The maximum atomic E-state index is 12.2. The number of hydroxylamine groups is 1. The second kappa shape index (κ2) is 15.3. The van der Waals surface area contributed by atoms with Gasteiger partial charge in [0.1, 0.15) is 5.54 Å². The van der Waals surface area contributed by atoms with Gasteiger partial charge in [-0.05, 0) is 26.7 Å². The lowest BCUT2D eigenvalue weighted by Gasteiger charge is -2.39. The maximum absolute atomic E-state index is 12.2. The molecule has 0 aliphatic carbocycles. The van der Waals surface area contributed by atoms with Gasteiger partial charge in [-0.15, -0.1) is 0 Å². The van der Waals surface area contributed by atoms with Crippen LogP contribution in [0.5, 0.6) is 0 Å². The van der Waals surface area contributed by atoms with Crippen LogP contribution in [-0.4, -0.2) is 51.7 Å². The first-order valence-corrected chi connectivity index (χ1v) is 9.21. The number of piperidine rings is 1. The lowest BCUT2D eigenvalue weighted by molar-refractivity contribution is -0.136. The van der Waals surface area contributed by atoms with E-state index in [1.165, 1.54) is 0 Å². The van der Waals surface area contributed by atoms with Crippen LogP contribution in [0.2, 0.25) is 0 Å². The number of nitrogens with zero attached hydrogens (tertiary/aromatic N) is 1. The number of aliphatic hydroxyl groups is 1. The van der Waals surface area contributed by atoms with E-state index in [9.17, 15) is 10.0 Å². The summed E-state index contributed by atoms with van der Waals surface area (Å²) in [5.41, 5.74) is 0.528. The van der Waals surface area contributed by atoms with Crippen LogP contribution in [0.25, 0.3) is 0 Å². The predicted molar refractivity (Wildman–Crippen MR) is 102 cm³/mol. The van der Waals surface area contributed by atoms with Crippen molar-refractivity contribution in [2.24, 2.45) is 0 Å². The molecule has 1 amide bonds. The predicted octanol–water partition coefficient (Wildman–Crippen LogP) is 2.56. The average Bonchev–Trinajstić information content (AvgIpc) is 2.61. The van der Waals surface area contributed by atoms with E-state index in [1.54, 1.807) is 13.8 Å². The van der Waals surface area contributed by atoms with Gasteiger partial charge >= 0.3 is 0 Å². The molecular weight excluding hydrogens is 313 g/mol. The van der Waals surface area contributed by atoms with Crippen molar-refractivity contribution in [3.05, 3.63) is 0 Å². The molecule has 1 aliphatic heterocycles. The molecule has 6 nitrogen and oxygen atoms in total. The van der Waals surface area contributed by atoms with Crippen molar-refractivity contribution >= 4 is 15.3 Å². The van der Waals surface area contributed by atoms with Gasteiger partial charge in [-0.2, -0.15) is 5.48 Å². The monoisotopic (exact) mass is 353 g/mol. The molecule has 142 valence electrons. The zero-order valence-electron chi connectivity index (χ0n) is 16.4. The summed E-state index contributed by atoms with van der Waals surface area (Å²) in [6.45, 7) is 16.8. The van der Waals surface area contributed by atoms with Crippen LogP contribution in [0.15, 0.2) is 0 Å². The molecule has 0 aromatic carbocycles. The van der Waals surface area contributed by atoms with E-state index in [0.717, 1.165) is 0 Å². The standard InChI is InChI=1S/C10H22N3O3P.3C2H6/c1-9(2,7-14)11-8(15)10(12-16)3-5-13(17)6-4-10;3*1-2/h12,14,16H,3-7,17H2,1-2H3,(H,11,15);3*1-2H3. The highest BCUT2D eigenvalue weighted by atomic mass is 31.0. The van der Waals surface area contributed by atoms with Gasteiger partial charge in [-0.25, -0.2) is 0 Å². The van der Waals surface area contributed by atoms with Crippen molar-refractivity contribution in [1.29, 1.82) is 0 Å². The Morgan fingerprint density at radius 3 is 1.83 bits per heavy atom. The number of rotatable bonds is 4. The first kappa shape index (κ1) is 27.6. The minimum atomic E-state index is -0.945. The smallest absolute Gasteiger partial charge is 0.243 e. The average molecular weight is 353 g/mol. The highest BCUT2D eigenvalue weighted by Crippen LogP contribution is 2.24. The molecule has 1 heterocycles. The lowest BCUT2D eigenvalue weighted by atomic mass is 9.87. The summed E-state index contributed by atoms with van der Waals surface area (Å²) in [4.78, 5) is 12.2. The van der Waals surface area contributed by atoms with Crippen LogP contribution in [-0.2, 0) is 4.79 Å². The van der Waals surface area contributed by atoms with Crippen LogP contribution in [0.3, 0.4) is 0 Å². The topological polar surface area (TPSA) is 84.8 Å². The fourth-order valence-corrected chi connectivity index (χ4v) is 2.02. The molecule has 7 heteroatoms. The van der Waals surface area contributed by atoms with Crippen molar-refractivity contribution in [3.8, 4) is 0 Å². The molecule has 1 saturated heterocycles. The molecule has 0 aromatic rings. The van der Waals surface area contributed by atoms with E-state index in [4.69, 9.17) is 5.11 Å². The van der Waals surface area contributed by atoms with Crippen LogP contribution < -0.4 is 10.8 Å². The molecule has 23 heavy (non-hydrogen) atoms. The molecule has 0 aromatic heterocycles. The first-order chi connectivity index (χ1) is 10.9. The lowest BCUT2D eigenvalue weighted by Crippen LogP contribution is -2.63. The molecule has 1 unspecified atom stereocenters. The quantitative estimate of drug-likeness (QED) is 0.461. The van der Waals surface area contributed by atoms with Crippen molar-refractivity contribution in [3.63, 3.8) is 0 Å². The van der Waals surface area contributed by atoms with Crippen molar-refractivity contribution in [1.82, 2.24) is 15.5 Å². The highest BCUT2D eigenvalue weighted by Gasteiger charge is 2.42. The molecular formula is C16H40N3O3P. The number of carbonyl (C=O) groups is 1. The largest absolute Gasteiger partial charge is 0.394 e. The Labute approximate surface area is 145 Å². The molecule has 1 atom stereocenters. The second-order valence-corrected chi connectivity index (χ2v) is 5.96. The second-order valence-electron chi connectivity index (χ2n) is 5.23. The van der Waals surface area contributed by atoms with Gasteiger partial charge in [0.25, 0.3) is 0 Å². The summed E-state index contributed by atoms with van der Waals surface area (Å²) in [7, 11) is 2.59. The fourth-order valence-electron chi connectivity index (χ4n) is 1.76. The van der Waals surface area contributed by atoms with E-state index in [-0.39, 0.29) is 12.5 Å². The number of hydrogen-bond donors (Lipinski definition) is 4. The number of nitrogens with one attached hydrogen (secondary N) is 2. The van der Waals surface area contributed by atoms with Crippen LogP contribution in [0.1, 0.15) is 68.2 Å². The van der Waals surface area contributed by atoms with Gasteiger partial charge in [-0.3, -0.25) is 9.46 Å². The molecule has 0 bridgehead atoms. The molecule has 4 N–H and O–H groups in total. The summed E-state index contributed by atoms with van der Waals surface area (Å²) >= 11 is 0. The normalized spacial score (nSPS) is 16.5. The summed E-state index contributed by atoms with van der Waals surface area (Å²) < 4.78 is 2.03. The number of hydrogen-bond acceptors (Lipinski definition) is 5. The highest BCUT2D eigenvalue weighted by molar-refractivity contribution is 7.13. The van der Waals surface area contributed by atoms with Crippen LogP contribution >= 0.6 is 9.39 Å². The number of aliphatic hydroxyl groups excluding tert-OH is 1. The van der Waals surface area contributed by atoms with E-state index in [1.807, 2.05) is 46.2 Å². The van der Waals surface area contributed by atoms with Crippen molar-refractivity contribution < 1.29 is 15.1 Å². The Hall–Kier alpha value is -0.260. The van der Waals surface area contributed by atoms with Crippen molar-refractivity contribution in [2.75, 3.05) is 19.7 Å². The Morgan fingerprint density at radius 2 is 1.52 bits per heavy atom. The van der Waals surface area contributed by atoms with Gasteiger partial charge in [0.15, 0.2) is 0 Å². The fraction of sp³-hybridized carbons (Fsp3) is 0.938. The van der Waals surface area contributed by atoms with Crippen LogP contribution in [0, 0.1) is 0 Å². The maximum Gasteiger partial charge on any atom is 0.243 e. The third-order valence-electron chi connectivity index (χ3n) is 3.15. The molecule has 1 fully saturated rings. The number of carbonyl (C=O) groups excluding carboxylic acids is 1. The minimum Gasteiger partial charge on any atom is -0.394 e. The van der Waals surface area contributed by atoms with E-state index >= 15 is 0 Å². The summed E-state index contributed by atoms with van der Waals surface area (Å²) in [5.74, 6) is -0.267. The van der Waals surface area contributed by atoms with E-state index < -0.39 is 11.1 Å². The Kier molecular flexibility index (Phi) is 18.3. The Morgan fingerprint density at radius 1 is 1.13 bits per heavy atom. The zero-order valence-corrected chi connectivity index (χ0v) is 17.5. The van der Waals surface area contributed by atoms with Crippen LogP contribution in [0.4, 0.5) is 0 Å². The third-order valence-corrected chi connectivity index (χ3v) is 3.66. The molecule has 0 spiro atoms. The number of amides is 1. The van der Waals surface area contributed by atoms with Gasteiger partial charge in [0.2, 0.25) is 5.91 Å². The Balaban J connectivity index is -0.000000595.